The minimum absolute atomic E-state index is 0.219. The van der Waals surface area contributed by atoms with E-state index in [-0.39, 0.29) is 5.91 Å². The number of aromatic nitrogens is 2. The SMILES string of the molecule is CCCN(CCC)C(=O)CCN(C)c1ncnc2sc(-c3ccccc3)cc12. The second-order valence-corrected chi connectivity index (χ2v) is 7.98. The summed E-state index contributed by atoms with van der Waals surface area (Å²) in [6, 6.07) is 12.5. The van der Waals surface area contributed by atoms with Crippen molar-refractivity contribution in [3.05, 3.63) is 42.7 Å². The maximum atomic E-state index is 12.6. The van der Waals surface area contributed by atoms with Crippen LogP contribution in [0.1, 0.15) is 33.1 Å². The number of carbonyl (C=O) groups excluding carboxylic acids is 1. The van der Waals surface area contributed by atoms with Gasteiger partial charge in [-0.3, -0.25) is 4.79 Å². The monoisotopic (exact) mass is 396 g/mol. The third kappa shape index (κ3) is 4.68. The zero-order valence-electron chi connectivity index (χ0n) is 16.9. The molecule has 3 rings (SSSR count). The molecule has 0 aliphatic heterocycles. The van der Waals surface area contributed by atoms with Crippen LogP contribution in [-0.4, -0.2) is 47.5 Å². The number of carbonyl (C=O) groups is 1. The highest BCUT2D eigenvalue weighted by Gasteiger charge is 2.16. The van der Waals surface area contributed by atoms with Gasteiger partial charge < -0.3 is 9.80 Å². The Bertz CT molecular complexity index is 903. The minimum Gasteiger partial charge on any atom is -0.359 e. The van der Waals surface area contributed by atoms with E-state index in [1.165, 1.54) is 10.4 Å². The molecule has 0 radical (unpaired) electrons. The zero-order chi connectivity index (χ0) is 19.9. The molecule has 0 saturated carbocycles. The lowest BCUT2D eigenvalue weighted by atomic mass is 10.2. The van der Waals surface area contributed by atoms with Crippen LogP contribution in [0, 0.1) is 0 Å². The van der Waals surface area contributed by atoms with Gasteiger partial charge in [0, 0.05) is 38.0 Å². The maximum Gasteiger partial charge on any atom is 0.224 e. The predicted molar refractivity (Wildman–Crippen MR) is 118 cm³/mol. The number of rotatable bonds is 9. The first-order valence-corrected chi connectivity index (χ1v) is 10.7. The quantitative estimate of drug-likeness (QED) is 0.520. The van der Waals surface area contributed by atoms with Crippen molar-refractivity contribution in [1.29, 1.82) is 0 Å². The molecule has 5 nitrogen and oxygen atoms in total. The number of hydrogen-bond donors (Lipinski definition) is 0. The Labute approximate surface area is 171 Å². The van der Waals surface area contributed by atoms with E-state index >= 15 is 0 Å². The first-order valence-electron chi connectivity index (χ1n) is 9.92. The summed E-state index contributed by atoms with van der Waals surface area (Å²) in [5.74, 6) is 1.10. The lowest BCUT2D eigenvalue weighted by Crippen LogP contribution is -2.35. The molecule has 0 atom stereocenters. The Kier molecular flexibility index (Phi) is 6.98. The van der Waals surface area contributed by atoms with Gasteiger partial charge in [-0.25, -0.2) is 9.97 Å². The van der Waals surface area contributed by atoms with E-state index < -0.39 is 0 Å². The Hall–Kier alpha value is -2.47. The molecule has 0 bridgehead atoms. The zero-order valence-corrected chi connectivity index (χ0v) is 17.7. The van der Waals surface area contributed by atoms with Crippen LogP contribution >= 0.6 is 11.3 Å². The summed E-state index contributed by atoms with van der Waals surface area (Å²) in [5, 5.41) is 1.04. The molecule has 0 aliphatic carbocycles. The average Bonchev–Trinajstić information content (AvgIpc) is 3.16. The summed E-state index contributed by atoms with van der Waals surface area (Å²) in [7, 11) is 2.00. The molecule has 1 amide bonds. The van der Waals surface area contributed by atoms with Gasteiger partial charge in [0.2, 0.25) is 5.91 Å². The molecule has 6 heteroatoms. The molecular formula is C22H28N4OS. The van der Waals surface area contributed by atoms with Crippen molar-refractivity contribution >= 4 is 33.3 Å². The van der Waals surface area contributed by atoms with Gasteiger partial charge in [0.05, 0.1) is 5.39 Å². The van der Waals surface area contributed by atoms with Gasteiger partial charge in [-0.15, -0.1) is 11.3 Å². The van der Waals surface area contributed by atoms with Crippen LogP contribution in [0.2, 0.25) is 0 Å². The van der Waals surface area contributed by atoms with Crippen LogP contribution in [0.4, 0.5) is 5.82 Å². The van der Waals surface area contributed by atoms with Gasteiger partial charge in [0.1, 0.15) is 17.0 Å². The highest BCUT2D eigenvalue weighted by Crippen LogP contribution is 2.35. The second kappa shape index (κ2) is 9.64. The number of anilines is 1. The van der Waals surface area contributed by atoms with Crippen molar-refractivity contribution in [3.8, 4) is 10.4 Å². The molecule has 0 aliphatic rings. The van der Waals surface area contributed by atoms with Crippen molar-refractivity contribution in [1.82, 2.24) is 14.9 Å². The number of hydrogen-bond acceptors (Lipinski definition) is 5. The minimum atomic E-state index is 0.219. The van der Waals surface area contributed by atoms with Crippen molar-refractivity contribution in [2.75, 3.05) is 31.6 Å². The van der Waals surface area contributed by atoms with Gasteiger partial charge in [-0.2, -0.15) is 0 Å². The summed E-state index contributed by atoms with van der Waals surface area (Å²) < 4.78 is 0. The lowest BCUT2D eigenvalue weighted by Gasteiger charge is -2.24. The van der Waals surface area contributed by atoms with Crippen LogP contribution < -0.4 is 4.90 Å². The fourth-order valence-corrected chi connectivity index (χ4v) is 4.32. The summed E-state index contributed by atoms with van der Waals surface area (Å²) in [5.41, 5.74) is 1.18. The van der Waals surface area contributed by atoms with Gasteiger partial charge in [0.25, 0.3) is 0 Å². The molecule has 148 valence electrons. The van der Waals surface area contributed by atoms with Crippen LogP contribution in [-0.2, 0) is 4.79 Å². The van der Waals surface area contributed by atoms with Crippen LogP contribution in [0.3, 0.4) is 0 Å². The fraction of sp³-hybridized carbons (Fsp3) is 0.409. The van der Waals surface area contributed by atoms with E-state index in [1.54, 1.807) is 17.7 Å². The molecule has 2 aromatic heterocycles. The number of thiophene rings is 1. The Morgan fingerprint density at radius 3 is 2.43 bits per heavy atom. The van der Waals surface area contributed by atoms with Crippen LogP contribution in [0.15, 0.2) is 42.7 Å². The topological polar surface area (TPSA) is 49.3 Å². The van der Waals surface area contributed by atoms with E-state index in [4.69, 9.17) is 0 Å². The molecule has 0 unspecified atom stereocenters. The van der Waals surface area contributed by atoms with Crippen LogP contribution in [0.5, 0.6) is 0 Å². The summed E-state index contributed by atoms with van der Waals surface area (Å²) in [6.45, 7) is 6.53. The van der Waals surface area contributed by atoms with Gasteiger partial charge in [-0.1, -0.05) is 44.2 Å². The van der Waals surface area contributed by atoms with Crippen molar-refractivity contribution in [2.24, 2.45) is 0 Å². The normalized spacial score (nSPS) is 11.0. The predicted octanol–water partition coefficient (Wildman–Crippen LogP) is 4.83. The van der Waals surface area contributed by atoms with E-state index in [2.05, 4.69) is 46.9 Å². The smallest absolute Gasteiger partial charge is 0.224 e. The largest absolute Gasteiger partial charge is 0.359 e. The molecule has 0 N–H and O–H groups in total. The van der Waals surface area contributed by atoms with Gasteiger partial charge in [-0.05, 0) is 24.5 Å². The van der Waals surface area contributed by atoms with E-state index in [1.807, 2.05) is 30.1 Å². The molecule has 0 fully saturated rings. The molecule has 0 spiro atoms. The number of amides is 1. The third-order valence-corrected chi connectivity index (χ3v) is 5.82. The van der Waals surface area contributed by atoms with Gasteiger partial charge in [0.15, 0.2) is 0 Å². The second-order valence-electron chi connectivity index (χ2n) is 6.95. The summed E-state index contributed by atoms with van der Waals surface area (Å²) in [4.78, 5) is 27.7. The van der Waals surface area contributed by atoms with E-state index in [0.717, 1.165) is 42.0 Å². The summed E-state index contributed by atoms with van der Waals surface area (Å²) >= 11 is 1.67. The Morgan fingerprint density at radius 2 is 1.75 bits per heavy atom. The highest BCUT2D eigenvalue weighted by atomic mass is 32.1. The molecule has 2 heterocycles. The maximum absolute atomic E-state index is 12.6. The standard InChI is InChI=1S/C22H28N4OS/c1-4-12-26(13-5-2)20(27)11-14-25(3)21-18-15-19(17-9-7-6-8-10-17)28-22(18)24-16-23-21/h6-10,15-16H,4-5,11-14H2,1-3H3. The third-order valence-electron chi connectivity index (χ3n) is 4.73. The number of benzene rings is 1. The summed E-state index contributed by atoms with van der Waals surface area (Å²) in [6.07, 6.45) is 4.09. The van der Waals surface area contributed by atoms with Crippen molar-refractivity contribution in [3.63, 3.8) is 0 Å². The molecule has 28 heavy (non-hydrogen) atoms. The molecule has 1 aromatic carbocycles. The number of fused-ring (bicyclic) bond motifs is 1. The molecular weight excluding hydrogens is 368 g/mol. The first-order chi connectivity index (χ1) is 13.6. The van der Waals surface area contributed by atoms with Gasteiger partial charge >= 0.3 is 0 Å². The van der Waals surface area contributed by atoms with E-state index in [0.29, 0.717) is 13.0 Å². The Morgan fingerprint density at radius 1 is 1.04 bits per heavy atom. The average molecular weight is 397 g/mol. The van der Waals surface area contributed by atoms with E-state index in [9.17, 15) is 4.79 Å². The molecule has 0 saturated heterocycles. The fourth-order valence-electron chi connectivity index (χ4n) is 3.32. The molecule has 3 aromatic rings. The highest BCUT2D eigenvalue weighted by molar-refractivity contribution is 7.21. The van der Waals surface area contributed by atoms with Crippen LogP contribution in [0.25, 0.3) is 20.7 Å². The Balaban J connectivity index is 1.75. The first kappa shape index (κ1) is 20.3. The number of nitrogens with zero attached hydrogens (tertiary/aromatic N) is 4. The van der Waals surface area contributed by atoms with Crippen molar-refractivity contribution < 1.29 is 4.79 Å². The van der Waals surface area contributed by atoms with Crippen molar-refractivity contribution in [2.45, 2.75) is 33.1 Å². The lowest BCUT2D eigenvalue weighted by molar-refractivity contribution is -0.131.